The Morgan fingerprint density at radius 2 is 2.33 bits per heavy atom. The fraction of sp³-hybridized carbons (Fsp3) is 0.417. The standard InChI is InChI=1S/C12H16BrFN2OS/c1-18-5-4-11(15)12(17)16-7-8-2-3-9(13)10(14)6-8/h2-3,6,11H,4-5,7,15H2,1H3,(H,16,17)/t11-/m0/s1. The first-order valence-corrected chi connectivity index (χ1v) is 7.69. The molecule has 18 heavy (non-hydrogen) atoms. The quantitative estimate of drug-likeness (QED) is 0.839. The molecule has 0 fully saturated rings. The van der Waals surface area contributed by atoms with Gasteiger partial charge in [0.05, 0.1) is 10.5 Å². The number of hydrogen-bond donors (Lipinski definition) is 2. The van der Waals surface area contributed by atoms with Crippen LogP contribution in [0.4, 0.5) is 4.39 Å². The molecule has 0 unspecified atom stereocenters. The zero-order valence-electron chi connectivity index (χ0n) is 10.1. The molecule has 1 rings (SSSR count). The number of carbonyl (C=O) groups is 1. The van der Waals surface area contributed by atoms with Gasteiger partial charge in [0.25, 0.3) is 0 Å². The van der Waals surface area contributed by atoms with Gasteiger partial charge in [-0.25, -0.2) is 4.39 Å². The molecule has 1 atom stereocenters. The molecule has 0 bridgehead atoms. The second-order valence-corrected chi connectivity index (χ2v) is 5.69. The fourth-order valence-corrected chi connectivity index (χ4v) is 2.08. The van der Waals surface area contributed by atoms with Crippen molar-refractivity contribution in [1.82, 2.24) is 5.32 Å². The summed E-state index contributed by atoms with van der Waals surface area (Å²) in [5.74, 6) is 0.308. The average Bonchev–Trinajstić information content (AvgIpc) is 2.36. The summed E-state index contributed by atoms with van der Waals surface area (Å²) in [6, 6.07) is 4.25. The van der Waals surface area contributed by atoms with Crippen molar-refractivity contribution in [3.05, 3.63) is 34.1 Å². The third kappa shape index (κ3) is 4.96. The summed E-state index contributed by atoms with van der Waals surface area (Å²) in [5.41, 5.74) is 6.42. The minimum atomic E-state index is -0.502. The van der Waals surface area contributed by atoms with E-state index in [1.54, 1.807) is 23.9 Å². The highest BCUT2D eigenvalue weighted by Crippen LogP contribution is 2.16. The first-order valence-electron chi connectivity index (χ1n) is 5.50. The van der Waals surface area contributed by atoms with Gasteiger partial charge in [-0.3, -0.25) is 4.79 Å². The van der Waals surface area contributed by atoms with Crippen molar-refractivity contribution in [3.8, 4) is 0 Å². The van der Waals surface area contributed by atoms with E-state index in [4.69, 9.17) is 5.73 Å². The van der Waals surface area contributed by atoms with Gasteiger partial charge in [0.2, 0.25) is 5.91 Å². The molecule has 1 aromatic rings. The number of hydrogen-bond acceptors (Lipinski definition) is 3. The molecule has 0 aliphatic rings. The maximum Gasteiger partial charge on any atom is 0.237 e. The van der Waals surface area contributed by atoms with Crippen LogP contribution >= 0.6 is 27.7 Å². The molecule has 1 amide bonds. The van der Waals surface area contributed by atoms with Crippen molar-refractivity contribution in [1.29, 1.82) is 0 Å². The number of nitrogens with one attached hydrogen (secondary N) is 1. The lowest BCUT2D eigenvalue weighted by Crippen LogP contribution is -2.40. The van der Waals surface area contributed by atoms with E-state index >= 15 is 0 Å². The van der Waals surface area contributed by atoms with Crippen LogP contribution in [0, 0.1) is 5.82 Å². The van der Waals surface area contributed by atoms with Gasteiger partial charge in [-0.15, -0.1) is 0 Å². The van der Waals surface area contributed by atoms with Crippen LogP contribution in [0.1, 0.15) is 12.0 Å². The largest absolute Gasteiger partial charge is 0.351 e. The number of thioether (sulfide) groups is 1. The molecule has 0 saturated carbocycles. The zero-order chi connectivity index (χ0) is 13.5. The third-order valence-corrected chi connectivity index (χ3v) is 3.71. The van der Waals surface area contributed by atoms with Gasteiger partial charge in [0.15, 0.2) is 0 Å². The van der Waals surface area contributed by atoms with Crippen LogP contribution in [0.15, 0.2) is 22.7 Å². The molecule has 3 N–H and O–H groups in total. The molecular formula is C12H16BrFN2OS. The monoisotopic (exact) mass is 334 g/mol. The maximum atomic E-state index is 13.2. The van der Waals surface area contributed by atoms with Crippen molar-refractivity contribution < 1.29 is 9.18 Å². The van der Waals surface area contributed by atoms with Gasteiger partial charge < -0.3 is 11.1 Å². The predicted molar refractivity (Wildman–Crippen MR) is 76.9 cm³/mol. The molecule has 0 spiro atoms. The van der Waals surface area contributed by atoms with Crippen LogP contribution in [0.25, 0.3) is 0 Å². The molecule has 100 valence electrons. The van der Waals surface area contributed by atoms with E-state index in [-0.39, 0.29) is 18.3 Å². The molecular weight excluding hydrogens is 319 g/mol. The minimum Gasteiger partial charge on any atom is -0.351 e. The minimum absolute atomic E-state index is 0.202. The highest BCUT2D eigenvalue weighted by atomic mass is 79.9. The van der Waals surface area contributed by atoms with Gasteiger partial charge in [0.1, 0.15) is 5.82 Å². The summed E-state index contributed by atoms with van der Waals surface area (Å²) in [4.78, 5) is 11.6. The number of rotatable bonds is 6. The Labute approximate surface area is 119 Å². The molecule has 0 saturated heterocycles. The Bertz CT molecular complexity index is 417. The Kier molecular flexibility index (Phi) is 6.67. The normalized spacial score (nSPS) is 12.2. The van der Waals surface area contributed by atoms with E-state index in [2.05, 4.69) is 21.2 Å². The van der Waals surface area contributed by atoms with E-state index < -0.39 is 6.04 Å². The second kappa shape index (κ2) is 7.76. The molecule has 3 nitrogen and oxygen atoms in total. The lowest BCUT2D eigenvalue weighted by atomic mass is 10.2. The zero-order valence-corrected chi connectivity index (χ0v) is 12.5. The van der Waals surface area contributed by atoms with Gasteiger partial charge in [-0.1, -0.05) is 6.07 Å². The van der Waals surface area contributed by atoms with Crippen molar-refractivity contribution in [2.75, 3.05) is 12.0 Å². The number of benzene rings is 1. The van der Waals surface area contributed by atoms with Crippen LogP contribution in [-0.2, 0) is 11.3 Å². The molecule has 1 aromatic carbocycles. The Morgan fingerprint density at radius 3 is 2.94 bits per heavy atom. The SMILES string of the molecule is CSCC[C@H](N)C(=O)NCc1ccc(Br)c(F)c1. The van der Waals surface area contributed by atoms with Crippen LogP contribution in [0.3, 0.4) is 0 Å². The first kappa shape index (κ1) is 15.5. The number of nitrogens with two attached hydrogens (primary N) is 1. The van der Waals surface area contributed by atoms with E-state index in [9.17, 15) is 9.18 Å². The van der Waals surface area contributed by atoms with Crippen LogP contribution in [-0.4, -0.2) is 24.0 Å². The van der Waals surface area contributed by atoms with Crippen molar-refractivity contribution in [3.63, 3.8) is 0 Å². The van der Waals surface area contributed by atoms with E-state index in [1.807, 2.05) is 6.26 Å². The van der Waals surface area contributed by atoms with E-state index in [1.165, 1.54) is 6.07 Å². The maximum absolute atomic E-state index is 13.2. The number of halogens is 2. The van der Waals surface area contributed by atoms with Crippen molar-refractivity contribution >= 4 is 33.6 Å². The molecule has 0 aliphatic heterocycles. The fourth-order valence-electron chi connectivity index (χ4n) is 1.35. The molecule has 0 heterocycles. The van der Waals surface area contributed by atoms with Gasteiger partial charge >= 0.3 is 0 Å². The topological polar surface area (TPSA) is 55.1 Å². The summed E-state index contributed by atoms with van der Waals surface area (Å²) in [5, 5.41) is 2.70. The first-order chi connectivity index (χ1) is 8.54. The summed E-state index contributed by atoms with van der Waals surface area (Å²) in [6.45, 7) is 0.288. The predicted octanol–water partition coefficient (Wildman–Crippen LogP) is 2.28. The van der Waals surface area contributed by atoms with E-state index in [0.717, 1.165) is 5.75 Å². The van der Waals surface area contributed by atoms with Crippen LogP contribution in [0.2, 0.25) is 0 Å². The Hall–Kier alpha value is -0.590. The van der Waals surface area contributed by atoms with Gasteiger partial charge in [-0.05, 0) is 52.1 Å². The van der Waals surface area contributed by atoms with E-state index in [0.29, 0.717) is 16.5 Å². The summed E-state index contributed by atoms with van der Waals surface area (Å²) < 4.78 is 13.7. The number of carbonyl (C=O) groups excluding carboxylic acids is 1. The number of amides is 1. The molecule has 0 aliphatic carbocycles. The molecule has 6 heteroatoms. The summed E-state index contributed by atoms with van der Waals surface area (Å²) >= 11 is 4.73. The van der Waals surface area contributed by atoms with Gasteiger partial charge in [-0.2, -0.15) is 11.8 Å². The lowest BCUT2D eigenvalue weighted by Gasteiger charge is -2.11. The molecule has 0 radical (unpaired) electrons. The van der Waals surface area contributed by atoms with Crippen LogP contribution < -0.4 is 11.1 Å². The highest BCUT2D eigenvalue weighted by Gasteiger charge is 2.12. The highest BCUT2D eigenvalue weighted by molar-refractivity contribution is 9.10. The average molecular weight is 335 g/mol. The Balaban J connectivity index is 2.44. The van der Waals surface area contributed by atoms with Crippen molar-refractivity contribution in [2.45, 2.75) is 19.0 Å². The third-order valence-electron chi connectivity index (χ3n) is 2.42. The van der Waals surface area contributed by atoms with Crippen LogP contribution in [0.5, 0.6) is 0 Å². The second-order valence-electron chi connectivity index (χ2n) is 3.85. The van der Waals surface area contributed by atoms with Gasteiger partial charge in [0, 0.05) is 6.54 Å². The Morgan fingerprint density at radius 1 is 1.61 bits per heavy atom. The molecule has 0 aromatic heterocycles. The van der Waals surface area contributed by atoms with Crippen molar-refractivity contribution in [2.24, 2.45) is 5.73 Å². The lowest BCUT2D eigenvalue weighted by molar-refractivity contribution is -0.122. The summed E-state index contributed by atoms with van der Waals surface area (Å²) in [6.07, 6.45) is 2.61. The summed E-state index contributed by atoms with van der Waals surface area (Å²) in [7, 11) is 0. The smallest absolute Gasteiger partial charge is 0.237 e.